The fraction of sp³-hybridized carbons (Fsp3) is 0.571. The second-order valence-corrected chi connectivity index (χ2v) is 5.04. The molecule has 17 heavy (non-hydrogen) atoms. The molecule has 1 fully saturated rings. The quantitative estimate of drug-likeness (QED) is 0.768. The van der Waals surface area contributed by atoms with E-state index in [4.69, 9.17) is 21.1 Å². The fourth-order valence-electron chi connectivity index (χ4n) is 2.38. The van der Waals surface area contributed by atoms with Crippen molar-refractivity contribution in [2.75, 3.05) is 26.2 Å². The van der Waals surface area contributed by atoms with E-state index in [0.29, 0.717) is 5.88 Å². The van der Waals surface area contributed by atoms with Gasteiger partial charge in [-0.1, -0.05) is 12.1 Å². The van der Waals surface area contributed by atoms with E-state index in [2.05, 4.69) is 12.1 Å². The highest BCUT2D eigenvalue weighted by Gasteiger charge is 2.31. The predicted octanol–water partition coefficient (Wildman–Crippen LogP) is 3.27. The third-order valence-corrected chi connectivity index (χ3v) is 4.12. The van der Waals surface area contributed by atoms with E-state index < -0.39 is 0 Å². The van der Waals surface area contributed by atoms with Gasteiger partial charge in [0, 0.05) is 19.1 Å². The lowest BCUT2D eigenvalue weighted by atomic mass is 9.77. The first-order chi connectivity index (χ1) is 8.28. The van der Waals surface area contributed by atoms with Gasteiger partial charge in [0.15, 0.2) is 0 Å². The summed E-state index contributed by atoms with van der Waals surface area (Å²) < 4.78 is 10.7. The standard InChI is InChI=1S/C14H19ClO2/c1-16-13-4-2-3-12(9-13)10-14(11-15)5-7-17-8-6-14/h2-4,9H,5-8,10-11H2,1H3. The van der Waals surface area contributed by atoms with Crippen LogP contribution in [0.15, 0.2) is 24.3 Å². The van der Waals surface area contributed by atoms with Gasteiger partial charge in [0.05, 0.1) is 7.11 Å². The molecular formula is C14H19ClO2. The molecule has 0 saturated carbocycles. The van der Waals surface area contributed by atoms with Crippen LogP contribution in [0, 0.1) is 5.41 Å². The van der Waals surface area contributed by atoms with Crippen LogP contribution in [-0.4, -0.2) is 26.2 Å². The van der Waals surface area contributed by atoms with Gasteiger partial charge in [0.25, 0.3) is 0 Å². The molecule has 0 spiro atoms. The molecule has 1 aromatic carbocycles. The zero-order valence-corrected chi connectivity index (χ0v) is 11.0. The molecular weight excluding hydrogens is 236 g/mol. The van der Waals surface area contributed by atoms with Crippen molar-refractivity contribution < 1.29 is 9.47 Å². The van der Waals surface area contributed by atoms with Crippen LogP contribution in [0.1, 0.15) is 18.4 Å². The van der Waals surface area contributed by atoms with Crippen LogP contribution in [0.3, 0.4) is 0 Å². The van der Waals surface area contributed by atoms with Gasteiger partial charge in [0.1, 0.15) is 5.75 Å². The lowest BCUT2D eigenvalue weighted by Gasteiger charge is -2.35. The Bertz CT molecular complexity index is 359. The Kier molecular flexibility index (Phi) is 4.30. The molecule has 0 bridgehead atoms. The highest BCUT2D eigenvalue weighted by molar-refractivity contribution is 6.18. The van der Waals surface area contributed by atoms with Gasteiger partial charge in [-0.25, -0.2) is 0 Å². The van der Waals surface area contributed by atoms with E-state index in [1.54, 1.807) is 7.11 Å². The zero-order valence-electron chi connectivity index (χ0n) is 10.2. The SMILES string of the molecule is COc1cccc(CC2(CCl)CCOCC2)c1. The molecule has 2 nitrogen and oxygen atoms in total. The monoisotopic (exact) mass is 254 g/mol. The lowest BCUT2D eigenvalue weighted by Crippen LogP contribution is -2.33. The molecule has 0 aliphatic carbocycles. The number of hydrogen-bond acceptors (Lipinski definition) is 2. The summed E-state index contributed by atoms with van der Waals surface area (Å²) in [6, 6.07) is 8.26. The molecule has 0 unspecified atom stereocenters. The molecule has 1 heterocycles. The van der Waals surface area contributed by atoms with Crippen LogP contribution >= 0.6 is 11.6 Å². The summed E-state index contributed by atoms with van der Waals surface area (Å²) in [5.74, 6) is 1.62. The van der Waals surface area contributed by atoms with E-state index in [1.165, 1.54) is 5.56 Å². The van der Waals surface area contributed by atoms with E-state index in [0.717, 1.165) is 38.2 Å². The van der Waals surface area contributed by atoms with Crippen LogP contribution in [0.25, 0.3) is 0 Å². The van der Waals surface area contributed by atoms with Gasteiger partial charge in [0.2, 0.25) is 0 Å². The maximum atomic E-state index is 6.17. The Morgan fingerprint density at radius 1 is 1.35 bits per heavy atom. The molecule has 2 rings (SSSR count). The van der Waals surface area contributed by atoms with Crippen molar-refractivity contribution in [3.63, 3.8) is 0 Å². The third-order valence-electron chi connectivity index (χ3n) is 3.55. The molecule has 94 valence electrons. The average molecular weight is 255 g/mol. The highest BCUT2D eigenvalue weighted by Crippen LogP contribution is 2.36. The van der Waals surface area contributed by atoms with Crippen molar-refractivity contribution in [3.05, 3.63) is 29.8 Å². The second-order valence-electron chi connectivity index (χ2n) is 4.77. The van der Waals surface area contributed by atoms with E-state index >= 15 is 0 Å². The van der Waals surface area contributed by atoms with Gasteiger partial charge in [-0.3, -0.25) is 0 Å². The summed E-state index contributed by atoms with van der Waals surface area (Å²) in [6.07, 6.45) is 3.11. The van der Waals surface area contributed by atoms with Crippen molar-refractivity contribution in [3.8, 4) is 5.75 Å². The summed E-state index contributed by atoms with van der Waals surface area (Å²) >= 11 is 6.17. The molecule has 0 radical (unpaired) electrons. The van der Waals surface area contributed by atoms with Crippen LogP contribution < -0.4 is 4.74 Å². The minimum Gasteiger partial charge on any atom is -0.497 e. The number of methoxy groups -OCH3 is 1. The van der Waals surface area contributed by atoms with Crippen molar-refractivity contribution in [1.29, 1.82) is 0 Å². The van der Waals surface area contributed by atoms with Gasteiger partial charge in [-0.2, -0.15) is 0 Å². The normalized spacial score (nSPS) is 18.9. The molecule has 0 atom stereocenters. The van der Waals surface area contributed by atoms with E-state index in [-0.39, 0.29) is 5.41 Å². The minimum atomic E-state index is 0.201. The molecule has 0 N–H and O–H groups in total. The number of halogens is 1. The van der Waals surface area contributed by atoms with E-state index in [1.807, 2.05) is 12.1 Å². The number of alkyl halides is 1. The van der Waals surface area contributed by atoms with Gasteiger partial charge in [-0.05, 0) is 42.4 Å². The first-order valence-corrected chi connectivity index (χ1v) is 6.58. The molecule has 1 aromatic rings. The van der Waals surface area contributed by atoms with Crippen molar-refractivity contribution in [1.82, 2.24) is 0 Å². The highest BCUT2D eigenvalue weighted by atomic mass is 35.5. The first kappa shape index (κ1) is 12.7. The molecule has 1 aliphatic heterocycles. The average Bonchev–Trinajstić information content (AvgIpc) is 2.40. The number of rotatable bonds is 4. The predicted molar refractivity (Wildman–Crippen MR) is 69.9 cm³/mol. The lowest BCUT2D eigenvalue weighted by molar-refractivity contribution is 0.0257. The van der Waals surface area contributed by atoms with Crippen LogP contribution in [0.5, 0.6) is 5.75 Å². The van der Waals surface area contributed by atoms with Crippen LogP contribution in [-0.2, 0) is 11.2 Å². The zero-order chi connectivity index (χ0) is 12.1. The maximum absolute atomic E-state index is 6.17. The third kappa shape index (κ3) is 3.14. The van der Waals surface area contributed by atoms with Crippen molar-refractivity contribution >= 4 is 11.6 Å². The number of hydrogen-bond donors (Lipinski definition) is 0. The number of ether oxygens (including phenoxy) is 2. The Morgan fingerprint density at radius 2 is 2.12 bits per heavy atom. The Morgan fingerprint density at radius 3 is 2.76 bits per heavy atom. The largest absolute Gasteiger partial charge is 0.497 e. The van der Waals surface area contributed by atoms with Crippen LogP contribution in [0.4, 0.5) is 0 Å². The maximum Gasteiger partial charge on any atom is 0.119 e. The molecule has 0 aromatic heterocycles. The number of benzene rings is 1. The molecule has 0 amide bonds. The first-order valence-electron chi connectivity index (χ1n) is 6.05. The Labute approximate surface area is 108 Å². The molecule has 3 heteroatoms. The molecule has 1 saturated heterocycles. The van der Waals surface area contributed by atoms with Crippen molar-refractivity contribution in [2.45, 2.75) is 19.3 Å². The molecule has 1 aliphatic rings. The summed E-state index contributed by atoms with van der Waals surface area (Å²) in [5.41, 5.74) is 1.50. The van der Waals surface area contributed by atoms with E-state index in [9.17, 15) is 0 Å². The Hall–Kier alpha value is -0.730. The van der Waals surface area contributed by atoms with Gasteiger partial charge >= 0.3 is 0 Å². The van der Waals surface area contributed by atoms with Crippen LogP contribution in [0.2, 0.25) is 0 Å². The summed E-state index contributed by atoms with van der Waals surface area (Å²) in [7, 11) is 1.70. The fourth-order valence-corrected chi connectivity index (χ4v) is 2.74. The van der Waals surface area contributed by atoms with Crippen molar-refractivity contribution in [2.24, 2.45) is 5.41 Å². The summed E-state index contributed by atoms with van der Waals surface area (Å²) in [6.45, 7) is 1.66. The Balaban J connectivity index is 2.11. The van der Waals surface area contributed by atoms with Gasteiger partial charge in [-0.15, -0.1) is 11.6 Å². The smallest absolute Gasteiger partial charge is 0.119 e. The second kappa shape index (κ2) is 5.74. The summed E-state index contributed by atoms with van der Waals surface area (Å²) in [5, 5.41) is 0. The summed E-state index contributed by atoms with van der Waals surface area (Å²) in [4.78, 5) is 0. The van der Waals surface area contributed by atoms with Gasteiger partial charge < -0.3 is 9.47 Å². The minimum absolute atomic E-state index is 0.201. The topological polar surface area (TPSA) is 18.5 Å².